The van der Waals surface area contributed by atoms with E-state index in [-0.39, 0.29) is 0 Å². The third-order valence-electron chi connectivity index (χ3n) is 3.03. The summed E-state index contributed by atoms with van der Waals surface area (Å²) in [5.41, 5.74) is 2.50. The number of piperazine rings is 1. The van der Waals surface area contributed by atoms with E-state index in [4.69, 9.17) is 14.6 Å². The summed E-state index contributed by atoms with van der Waals surface area (Å²) >= 11 is 0. The first-order chi connectivity index (χ1) is 10.3. The summed E-state index contributed by atoms with van der Waals surface area (Å²) in [6.45, 7) is 6.33. The van der Waals surface area contributed by atoms with Crippen LogP contribution in [0.4, 0.5) is 18.9 Å². The van der Waals surface area contributed by atoms with E-state index in [1.54, 1.807) is 7.11 Å². The number of nitrogens with zero attached hydrogens (tertiary/aromatic N) is 1. The molecule has 0 unspecified atom stereocenters. The number of benzene rings is 1. The second kappa shape index (κ2) is 7.88. The molecule has 1 aliphatic rings. The summed E-state index contributed by atoms with van der Waals surface area (Å²) in [5.74, 6) is -1.78. The number of alkyl halides is 3. The van der Waals surface area contributed by atoms with Gasteiger partial charge in [-0.2, -0.15) is 13.2 Å². The van der Waals surface area contributed by atoms with E-state index < -0.39 is 12.1 Å². The molecule has 0 aromatic heterocycles. The number of carbonyl (C=O) groups is 1. The highest BCUT2D eigenvalue weighted by atomic mass is 19.4. The molecule has 0 spiro atoms. The molecule has 0 bridgehead atoms. The van der Waals surface area contributed by atoms with E-state index in [0.29, 0.717) is 0 Å². The maximum atomic E-state index is 10.6. The highest BCUT2D eigenvalue weighted by Gasteiger charge is 2.38. The maximum absolute atomic E-state index is 10.6. The van der Waals surface area contributed by atoms with Gasteiger partial charge in [0.05, 0.1) is 12.8 Å². The standard InChI is InChI=1S/C12H18N2O.C2HF3O2/c1-10-3-4-12(15-2)11(9-10)14-7-5-13-6-8-14;3-2(4,5)1(6)7/h3-4,9,13H,5-8H2,1-2H3;(H,6,7). The summed E-state index contributed by atoms with van der Waals surface area (Å²) in [6.07, 6.45) is -5.08. The summed E-state index contributed by atoms with van der Waals surface area (Å²) in [4.78, 5) is 11.3. The van der Waals surface area contributed by atoms with Crippen molar-refractivity contribution >= 4 is 11.7 Å². The molecule has 1 fully saturated rings. The molecule has 1 saturated heterocycles. The molecule has 22 heavy (non-hydrogen) atoms. The lowest BCUT2D eigenvalue weighted by molar-refractivity contribution is -0.192. The van der Waals surface area contributed by atoms with Gasteiger partial charge in [0.15, 0.2) is 0 Å². The minimum absolute atomic E-state index is 0.975. The van der Waals surface area contributed by atoms with Crippen LogP contribution in [-0.2, 0) is 4.79 Å². The van der Waals surface area contributed by atoms with Gasteiger partial charge in [0.2, 0.25) is 0 Å². The van der Waals surface area contributed by atoms with Gasteiger partial charge in [-0.1, -0.05) is 6.07 Å². The van der Waals surface area contributed by atoms with Gasteiger partial charge in [-0.05, 0) is 24.6 Å². The van der Waals surface area contributed by atoms with Crippen LogP contribution in [0.3, 0.4) is 0 Å². The highest BCUT2D eigenvalue weighted by molar-refractivity contribution is 5.73. The van der Waals surface area contributed by atoms with Crippen molar-refractivity contribution in [2.45, 2.75) is 13.1 Å². The lowest BCUT2D eigenvalue weighted by Crippen LogP contribution is -2.43. The van der Waals surface area contributed by atoms with Gasteiger partial charge >= 0.3 is 12.1 Å². The second-order valence-corrected chi connectivity index (χ2v) is 4.72. The summed E-state index contributed by atoms with van der Waals surface area (Å²) in [6, 6.07) is 6.33. The predicted molar refractivity (Wildman–Crippen MR) is 76.5 cm³/mol. The number of aliphatic carboxylic acids is 1. The molecule has 0 atom stereocenters. The van der Waals surface area contributed by atoms with E-state index in [0.717, 1.165) is 31.9 Å². The number of nitrogens with one attached hydrogen (secondary N) is 1. The molecule has 0 saturated carbocycles. The van der Waals surface area contributed by atoms with Gasteiger partial charge in [0.1, 0.15) is 5.75 Å². The Morgan fingerprint density at radius 1 is 1.32 bits per heavy atom. The molecule has 8 heteroatoms. The Labute approximate surface area is 126 Å². The van der Waals surface area contributed by atoms with Gasteiger partial charge in [0.25, 0.3) is 0 Å². The van der Waals surface area contributed by atoms with Gasteiger partial charge in [0, 0.05) is 26.2 Å². The number of hydrogen-bond acceptors (Lipinski definition) is 4. The van der Waals surface area contributed by atoms with Gasteiger partial charge in [-0.15, -0.1) is 0 Å². The van der Waals surface area contributed by atoms with Gasteiger partial charge in [-0.3, -0.25) is 0 Å². The zero-order valence-corrected chi connectivity index (χ0v) is 12.4. The summed E-state index contributed by atoms with van der Waals surface area (Å²) < 4.78 is 37.1. The number of carboxylic acids is 1. The molecule has 1 aliphatic heterocycles. The Morgan fingerprint density at radius 2 is 1.86 bits per heavy atom. The first kappa shape index (κ1) is 18.1. The largest absolute Gasteiger partial charge is 0.495 e. The van der Waals surface area contributed by atoms with Crippen LogP contribution in [0.5, 0.6) is 5.75 Å². The molecule has 1 aromatic rings. The van der Waals surface area contributed by atoms with E-state index in [1.807, 2.05) is 6.07 Å². The average molecular weight is 320 g/mol. The fourth-order valence-corrected chi connectivity index (χ4v) is 1.95. The topological polar surface area (TPSA) is 61.8 Å². The van der Waals surface area contributed by atoms with E-state index in [1.165, 1.54) is 11.3 Å². The molecule has 124 valence electrons. The second-order valence-electron chi connectivity index (χ2n) is 4.72. The third-order valence-corrected chi connectivity index (χ3v) is 3.03. The highest BCUT2D eigenvalue weighted by Crippen LogP contribution is 2.29. The first-order valence-electron chi connectivity index (χ1n) is 6.66. The van der Waals surface area contributed by atoms with Crippen molar-refractivity contribution in [2.24, 2.45) is 0 Å². The molecule has 0 amide bonds. The lowest BCUT2D eigenvalue weighted by Gasteiger charge is -2.30. The normalized spacial score (nSPS) is 14.9. The van der Waals surface area contributed by atoms with E-state index >= 15 is 0 Å². The Morgan fingerprint density at radius 3 is 2.32 bits per heavy atom. The third kappa shape index (κ3) is 5.44. The molecule has 2 rings (SSSR count). The Hall–Kier alpha value is -1.96. The Kier molecular flexibility index (Phi) is 6.48. The Balaban J connectivity index is 0.000000295. The quantitative estimate of drug-likeness (QED) is 0.873. The number of aryl methyl sites for hydroxylation is 1. The molecule has 0 radical (unpaired) electrons. The molecule has 2 N–H and O–H groups in total. The SMILES string of the molecule is COc1ccc(C)cc1N1CCNCC1.O=C(O)C(F)(F)F. The minimum atomic E-state index is -5.08. The molecular weight excluding hydrogens is 301 g/mol. The predicted octanol–water partition coefficient (Wildman–Crippen LogP) is 2.05. The maximum Gasteiger partial charge on any atom is 0.490 e. The number of hydrogen-bond donors (Lipinski definition) is 2. The van der Waals surface area contributed by atoms with Crippen LogP contribution in [0.15, 0.2) is 18.2 Å². The van der Waals surface area contributed by atoms with Crippen molar-refractivity contribution in [1.29, 1.82) is 0 Å². The molecule has 5 nitrogen and oxygen atoms in total. The summed E-state index contributed by atoms with van der Waals surface area (Å²) in [5, 5.41) is 10.5. The van der Waals surface area contributed by atoms with Crippen LogP contribution in [0.1, 0.15) is 5.56 Å². The zero-order valence-electron chi connectivity index (χ0n) is 12.4. The molecular formula is C14H19F3N2O3. The van der Waals surface area contributed by atoms with E-state index in [2.05, 4.69) is 29.3 Å². The van der Waals surface area contributed by atoms with Crippen LogP contribution in [-0.4, -0.2) is 50.5 Å². The number of rotatable bonds is 2. The number of carboxylic acid groups (broad SMARTS) is 1. The monoisotopic (exact) mass is 320 g/mol. The van der Waals surface area contributed by atoms with Crippen LogP contribution in [0.25, 0.3) is 0 Å². The average Bonchev–Trinajstić information content (AvgIpc) is 2.48. The van der Waals surface area contributed by atoms with Gasteiger partial charge in [-0.25, -0.2) is 4.79 Å². The fourth-order valence-electron chi connectivity index (χ4n) is 1.95. The molecule has 0 aliphatic carbocycles. The molecule has 1 aromatic carbocycles. The van der Waals surface area contributed by atoms with Crippen molar-refractivity contribution in [3.8, 4) is 5.75 Å². The number of halogens is 3. The van der Waals surface area contributed by atoms with E-state index in [9.17, 15) is 13.2 Å². The lowest BCUT2D eigenvalue weighted by atomic mass is 10.1. The Bertz CT molecular complexity index is 501. The van der Waals surface area contributed by atoms with Crippen LogP contribution in [0.2, 0.25) is 0 Å². The van der Waals surface area contributed by atoms with Crippen molar-refractivity contribution in [3.63, 3.8) is 0 Å². The molecule has 1 heterocycles. The number of anilines is 1. The smallest absolute Gasteiger partial charge is 0.490 e. The van der Waals surface area contributed by atoms with Crippen LogP contribution in [0, 0.1) is 6.92 Å². The van der Waals surface area contributed by atoms with Gasteiger partial charge < -0.3 is 20.1 Å². The first-order valence-corrected chi connectivity index (χ1v) is 6.66. The van der Waals surface area contributed by atoms with Crippen LogP contribution < -0.4 is 15.0 Å². The van der Waals surface area contributed by atoms with Crippen molar-refractivity contribution in [1.82, 2.24) is 5.32 Å². The number of ether oxygens (including phenoxy) is 1. The number of methoxy groups -OCH3 is 1. The van der Waals surface area contributed by atoms with Crippen molar-refractivity contribution < 1.29 is 27.8 Å². The van der Waals surface area contributed by atoms with Crippen LogP contribution >= 0.6 is 0 Å². The fraction of sp³-hybridized carbons (Fsp3) is 0.500. The minimum Gasteiger partial charge on any atom is -0.495 e. The van der Waals surface area contributed by atoms with Crippen molar-refractivity contribution in [3.05, 3.63) is 23.8 Å². The zero-order chi connectivity index (χ0) is 16.8. The summed E-state index contributed by atoms with van der Waals surface area (Å²) in [7, 11) is 1.73. The van der Waals surface area contributed by atoms with Crippen molar-refractivity contribution in [2.75, 3.05) is 38.2 Å².